The molecule has 0 bridgehead atoms. The van der Waals surface area contributed by atoms with E-state index in [1.54, 1.807) is 13.2 Å². The average Bonchev–Trinajstić information content (AvgIpc) is 2.83. The number of hydrogen-bond donors (Lipinski definition) is 1. The number of anilines is 2. The number of benzene rings is 3. The van der Waals surface area contributed by atoms with Crippen LogP contribution in [-0.4, -0.2) is 50.0 Å². The molecular formula is C27H30ClN3O3. The van der Waals surface area contributed by atoms with Crippen LogP contribution < -0.4 is 15.0 Å². The fourth-order valence-electron chi connectivity index (χ4n) is 4.28. The van der Waals surface area contributed by atoms with Crippen molar-refractivity contribution in [3.05, 3.63) is 65.2 Å². The number of piperazine rings is 1. The number of halogens is 1. The van der Waals surface area contributed by atoms with E-state index in [1.807, 2.05) is 53.4 Å². The van der Waals surface area contributed by atoms with Crippen molar-refractivity contribution in [1.29, 1.82) is 0 Å². The van der Waals surface area contributed by atoms with E-state index in [-0.39, 0.29) is 11.8 Å². The zero-order valence-corrected chi connectivity index (χ0v) is 20.6. The molecule has 0 spiro atoms. The molecule has 7 heteroatoms. The van der Waals surface area contributed by atoms with Crippen molar-refractivity contribution in [2.75, 3.05) is 43.5 Å². The number of ether oxygens (including phenoxy) is 1. The zero-order valence-electron chi connectivity index (χ0n) is 19.8. The van der Waals surface area contributed by atoms with Gasteiger partial charge in [0.1, 0.15) is 5.75 Å². The van der Waals surface area contributed by atoms with Crippen LogP contribution in [0.2, 0.25) is 5.02 Å². The van der Waals surface area contributed by atoms with Gasteiger partial charge in [-0.2, -0.15) is 0 Å². The molecule has 34 heavy (non-hydrogen) atoms. The summed E-state index contributed by atoms with van der Waals surface area (Å²) in [6.45, 7) is 6.94. The topological polar surface area (TPSA) is 61.9 Å². The van der Waals surface area contributed by atoms with Crippen molar-refractivity contribution in [2.24, 2.45) is 5.92 Å². The second-order valence-corrected chi connectivity index (χ2v) is 9.39. The van der Waals surface area contributed by atoms with Gasteiger partial charge in [0, 0.05) is 38.3 Å². The number of rotatable bonds is 6. The largest absolute Gasteiger partial charge is 0.496 e. The molecule has 1 N–H and O–H groups in total. The Morgan fingerprint density at radius 1 is 1.00 bits per heavy atom. The maximum atomic E-state index is 13.0. The lowest BCUT2D eigenvalue weighted by atomic mass is 10.1. The molecule has 0 radical (unpaired) electrons. The summed E-state index contributed by atoms with van der Waals surface area (Å²) in [5.74, 6) is 0.827. The molecule has 1 aliphatic rings. The monoisotopic (exact) mass is 479 g/mol. The Bertz CT molecular complexity index is 1200. The maximum absolute atomic E-state index is 13.0. The molecule has 0 aromatic heterocycles. The Morgan fingerprint density at radius 2 is 1.68 bits per heavy atom. The summed E-state index contributed by atoms with van der Waals surface area (Å²) in [5.41, 5.74) is 1.97. The van der Waals surface area contributed by atoms with E-state index in [9.17, 15) is 9.59 Å². The number of fused-ring (bicyclic) bond motifs is 1. The van der Waals surface area contributed by atoms with Crippen LogP contribution >= 0.6 is 11.6 Å². The van der Waals surface area contributed by atoms with Gasteiger partial charge in [0.25, 0.3) is 5.91 Å². The van der Waals surface area contributed by atoms with E-state index in [0.717, 1.165) is 29.5 Å². The lowest BCUT2D eigenvalue weighted by Crippen LogP contribution is -2.49. The summed E-state index contributed by atoms with van der Waals surface area (Å²) >= 11 is 6.60. The summed E-state index contributed by atoms with van der Waals surface area (Å²) in [6.07, 6.45) is 0.581. The van der Waals surface area contributed by atoms with Gasteiger partial charge in [-0.3, -0.25) is 9.59 Å². The summed E-state index contributed by atoms with van der Waals surface area (Å²) in [5, 5.41) is 5.47. The van der Waals surface area contributed by atoms with Crippen LogP contribution in [0.25, 0.3) is 10.8 Å². The van der Waals surface area contributed by atoms with Crippen molar-refractivity contribution in [3.8, 4) is 5.75 Å². The molecule has 0 aliphatic carbocycles. The average molecular weight is 480 g/mol. The number of nitrogens with one attached hydrogen (secondary N) is 1. The fraction of sp³-hybridized carbons (Fsp3) is 0.333. The highest BCUT2D eigenvalue weighted by Crippen LogP contribution is 2.31. The second kappa shape index (κ2) is 10.3. The van der Waals surface area contributed by atoms with Gasteiger partial charge in [0.15, 0.2) is 0 Å². The third-order valence-electron chi connectivity index (χ3n) is 6.07. The molecule has 0 atom stereocenters. The van der Waals surface area contributed by atoms with Crippen LogP contribution in [0.5, 0.6) is 5.75 Å². The predicted octanol–water partition coefficient (Wildman–Crippen LogP) is 5.45. The fourth-order valence-corrected chi connectivity index (χ4v) is 4.58. The van der Waals surface area contributed by atoms with Crippen molar-refractivity contribution < 1.29 is 14.3 Å². The van der Waals surface area contributed by atoms with Crippen LogP contribution in [-0.2, 0) is 4.79 Å². The summed E-state index contributed by atoms with van der Waals surface area (Å²) in [7, 11) is 1.56. The minimum absolute atomic E-state index is 0.211. The highest BCUT2D eigenvalue weighted by molar-refractivity contribution is 6.33. The predicted molar refractivity (Wildman–Crippen MR) is 138 cm³/mol. The second-order valence-electron chi connectivity index (χ2n) is 8.99. The van der Waals surface area contributed by atoms with Gasteiger partial charge in [-0.1, -0.05) is 49.7 Å². The Balaban J connectivity index is 1.44. The summed E-state index contributed by atoms with van der Waals surface area (Å²) in [6, 6.07) is 17.1. The minimum atomic E-state index is -0.260. The number of amides is 2. The molecule has 2 amide bonds. The van der Waals surface area contributed by atoms with E-state index in [2.05, 4.69) is 24.1 Å². The van der Waals surface area contributed by atoms with Crippen LogP contribution in [0.3, 0.4) is 0 Å². The van der Waals surface area contributed by atoms with Gasteiger partial charge in [0.2, 0.25) is 5.91 Å². The van der Waals surface area contributed by atoms with Crippen molar-refractivity contribution in [2.45, 2.75) is 20.3 Å². The molecule has 0 unspecified atom stereocenters. The normalized spacial score (nSPS) is 13.9. The third-order valence-corrected chi connectivity index (χ3v) is 6.38. The molecule has 1 heterocycles. The smallest absolute Gasteiger partial charge is 0.259 e. The molecule has 4 rings (SSSR count). The van der Waals surface area contributed by atoms with Crippen LogP contribution in [0.15, 0.2) is 54.6 Å². The van der Waals surface area contributed by atoms with E-state index in [0.29, 0.717) is 47.5 Å². The number of carbonyl (C=O) groups is 2. The van der Waals surface area contributed by atoms with Gasteiger partial charge in [0.05, 0.1) is 23.4 Å². The zero-order chi connectivity index (χ0) is 24.2. The van der Waals surface area contributed by atoms with Gasteiger partial charge < -0.3 is 19.9 Å². The number of carbonyl (C=O) groups excluding carboxylic acids is 2. The van der Waals surface area contributed by atoms with Gasteiger partial charge in [-0.05, 0) is 47.0 Å². The first-order valence-corrected chi connectivity index (χ1v) is 11.9. The first-order valence-electron chi connectivity index (χ1n) is 11.6. The van der Waals surface area contributed by atoms with E-state index >= 15 is 0 Å². The maximum Gasteiger partial charge on any atom is 0.259 e. The van der Waals surface area contributed by atoms with Gasteiger partial charge in [-0.25, -0.2) is 0 Å². The Morgan fingerprint density at radius 3 is 2.29 bits per heavy atom. The molecule has 1 fully saturated rings. The molecule has 3 aromatic rings. The van der Waals surface area contributed by atoms with Crippen LogP contribution in [0.4, 0.5) is 11.4 Å². The van der Waals surface area contributed by atoms with Crippen molar-refractivity contribution in [3.63, 3.8) is 0 Å². The minimum Gasteiger partial charge on any atom is -0.496 e. The quantitative estimate of drug-likeness (QED) is 0.510. The standard InChI is InChI=1S/C27H30ClN3O3/c1-18(2)14-26(32)31-12-10-30(11-13-31)24-9-8-21(17-23(24)28)29-27(33)22-15-19-6-4-5-7-20(19)16-25(22)34-3/h4-9,15-18H,10-14H2,1-3H3,(H,29,33). The third kappa shape index (κ3) is 5.28. The highest BCUT2D eigenvalue weighted by Gasteiger charge is 2.23. The molecule has 0 saturated carbocycles. The lowest BCUT2D eigenvalue weighted by Gasteiger charge is -2.36. The summed E-state index contributed by atoms with van der Waals surface area (Å²) in [4.78, 5) is 29.5. The van der Waals surface area contributed by atoms with Crippen LogP contribution in [0, 0.1) is 5.92 Å². The SMILES string of the molecule is COc1cc2ccccc2cc1C(=O)Nc1ccc(N2CCN(C(=O)CC(C)C)CC2)c(Cl)c1. The number of nitrogens with zero attached hydrogens (tertiary/aromatic N) is 2. The first kappa shape index (κ1) is 23.9. The molecule has 3 aromatic carbocycles. The Hall–Kier alpha value is -3.25. The molecule has 1 saturated heterocycles. The Kier molecular flexibility index (Phi) is 7.27. The van der Waals surface area contributed by atoms with Gasteiger partial charge >= 0.3 is 0 Å². The van der Waals surface area contributed by atoms with Crippen molar-refractivity contribution in [1.82, 2.24) is 4.90 Å². The molecular weight excluding hydrogens is 450 g/mol. The molecule has 1 aliphatic heterocycles. The van der Waals surface area contributed by atoms with E-state index in [1.165, 1.54) is 0 Å². The van der Waals surface area contributed by atoms with Gasteiger partial charge in [-0.15, -0.1) is 0 Å². The first-order chi connectivity index (χ1) is 16.4. The summed E-state index contributed by atoms with van der Waals surface area (Å²) < 4.78 is 5.46. The highest BCUT2D eigenvalue weighted by atomic mass is 35.5. The van der Waals surface area contributed by atoms with E-state index < -0.39 is 0 Å². The van der Waals surface area contributed by atoms with Crippen molar-refractivity contribution >= 4 is 45.6 Å². The lowest BCUT2D eigenvalue weighted by molar-refractivity contribution is -0.132. The number of hydrogen-bond acceptors (Lipinski definition) is 4. The van der Waals surface area contributed by atoms with Crippen LogP contribution in [0.1, 0.15) is 30.6 Å². The number of methoxy groups -OCH3 is 1. The van der Waals surface area contributed by atoms with E-state index in [4.69, 9.17) is 16.3 Å². The molecule has 178 valence electrons. The molecule has 6 nitrogen and oxygen atoms in total. The Labute approximate surface area is 205 Å².